The maximum atomic E-state index is 11.9. The highest BCUT2D eigenvalue weighted by Gasteiger charge is 2.21. The second-order valence-corrected chi connectivity index (χ2v) is 5.32. The molecule has 5 nitrogen and oxygen atoms in total. The van der Waals surface area contributed by atoms with Crippen LogP contribution in [0.3, 0.4) is 0 Å². The molecule has 1 rings (SSSR count). The van der Waals surface area contributed by atoms with Gasteiger partial charge in [0.25, 0.3) is 0 Å². The lowest BCUT2D eigenvalue weighted by molar-refractivity contribution is -0.0153. The highest BCUT2D eigenvalue weighted by atomic mass is 16.6. The number of rotatable bonds is 4. The summed E-state index contributed by atoms with van der Waals surface area (Å²) < 4.78 is 5.21. The van der Waals surface area contributed by atoms with Gasteiger partial charge in [0.1, 0.15) is 17.8 Å². The van der Waals surface area contributed by atoms with Crippen LogP contribution in [0.25, 0.3) is 0 Å². The van der Waals surface area contributed by atoms with Crippen molar-refractivity contribution < 1.29 is 24.9 Å². The Kier molecular flexibility index (Phi) is 5.05. The van der Waals surface area contributed by atoms with Crippen molar-refractivity contribution in [2.45, 2.75) is 38.6 Å². The van der Waals surface area contributed by atoms with Crippen LogP contribution in [0.4, 0.5) is 0 Å². The molecule has 5 heteroatoms. The molecule has 0 aliphatic heterocycles. The average molecular weight is 268 g/mol. The minimum Gasteiger partial charge on any atom is -0.456 e. The highest BCUT2D eigenvalue weighted by Crippen LogP contribution is 2.19. The summed E-state index contributed by atoms with van der Waals surface area (Å²) in [6.07, 6.45) is -2.53. The van der Waals surface area contributed by atoms with Crippen molar-refractivity contribution in [3.8, 4) is 0 Å². The van der Waals surface area contributed by atoms with Gasteiger partial charge < -0.3 is 20.1 Å². The van der Waals surface area contributed by atoms with Gasteiger partial charge in [0.15, 0.2) is 0 Å². The second-order valence-electron chi connectivity index (χ2n) is 5.32. The third-order valence-corrected chi connectivity index (χ3v) is 2.41. The minimum atomic E-state index is -1.28. The van der Waals surface area contributed by atoms with Gasteiger partial charge in [-0.2, -0.15) is 0 Å². The van der Waals surface area contributed by atoms with Crippen LogP contribution in [0.15, 0.2) is 24.3 Å². The van der Waals surface area contributed by atoms with Crippen molar-refractivity contribution in [3.63, 3.8) is 0 Å². The Hall–Kier alpha value is -1.43. The summed E-state index contributed by atoms with van der Waals surface area (Å²) in [5, 5.41) is 27.9. The highest BCUT2D eigenvalue weighted by molar-refractivity contribution is 5.89. The van der Waals surface area contributed by atoms with Gasteiger partial charge in [0, 0.05) is 0 Å². The molecule has 1 aromatic carbocycles. The van der Waals surface area contributed by atoms with Gasteiger partial charge >= 0.3 is 5.97 Å². The first kappa shape index (κ1) is 15.6. The Labute approximate surface area is 112 Å². The Morgan fingerprint density at radius 3 is 2.47 bits per heavy atom. The van der Waals surface area contributed by atoms with Gasteiger partial charge in [-0.1, -0.05) is 12.1 Å². The zero-order chi connectivity index (χ0) is 14.6. The molecule has 106 valence electrons. The fourth-order valence-electron chi connectivity index (χ4n) is 1.51. The van der Waals surface area contributed by atoms with Crippen LogP contribution in [0, 0.1) is 0 Å². The molecule has 2 unspecified atom stereocenters. The molecule has 0 saturated carbocycles. The maximum Gasteiger partial charge on any atom is 0.338 e. The van der Waals surface area contributed by atoms with E-state index >= 15 is 0 Å². The quantitative estimate of drug-likeness (QED) is 0.710. The molecule has 1 aromatic rings. The SMILES string of the molecule is CC(C)(C)OC(=O)c1cccc(C(O)C(O)CO)c1. The molecule has 0 radical (unpaired) electrons. The summed E-state index contributed by atoms with van der Waals surface area (Å²) in [7, 11) is 0. The zero-order valence-corrected chi connectivity index (χ0v) is 11.3. The molecule has 0 aromatic heterocycles. The Bertz CT molecular complexity index is 436. The summed E-state index contributed by atoms with van der Waals surface area (Å²) in [6.45, 7) is 4.73. The molecule has 0 aliphatic carbocycles. The third-order valence-electron chi connectivity index (χ3n) is 2.41. The van der Waals surface area contributed by atoms with Gasteiger partial charge in [-0.25, -0.2) is 4.79 Å². The third kappa shape index (κ3) is 4.63. The summed E-state index contributed by atoms with van der Waals surface area (Å²) in [5.41, 5.74) is 0.0394. The lowest BCUT2D eigenvalue weighted by Crippen LogP contribution is -2.25. The van der Waals surface area contributed by atoms with E-state index in [-0.39, 0.29) is 5.56 Å². The van der Waals surface area contributed by atoms with Gasteiger partial charge in [-0.15, -0.1) is 0 Å². The predicted molar refractivity (Wildman–Crippen MR) is 69.7 cm³/mol. The van der Waals surface area contributed by atoms with Crippen LogP contribution in [-0.4, -0.2) is 39.6 Å². The number of carbonyl (C=O) groups is 1. The lowest BCUT2D eigenvalue weighted by atomic mass is 10.0. The van der Waals surface area contributed by atoms with Crippen LogP contribution in [0.2, 0.25) is 0 Å². The fourth-order valence-corrected chi connectivity index (χ4v) is 1.51. The molecular formula is C14H20O5. The van der Waals surface area contributed by atoms with Crippen molar-refractivity contribution in [2.75, 3.05) is 6.61 Å². The molecule has 0 saturated heterocycles. The molecule has 0 spiro atoms. The Morgan fingerprint density at radius 2 is 1.95 bits per heavy atom. The van der Waals surface area contributed by atoms with Crippen molar-refractivity contribution in [1.82, 2.24) is 0 Å². The molecule has 0 fully saturated rings. The maximum absolute atomic E-state index is 11.9. The molecule has 19 heavy (non-hydrogen) atoms. The number of benzene rings is 1. The Morgan fingerprint density at radius 1 is 1.32 bits per heavy atom. The number of hydrogen-bond acceptors (Lipinski definition) is 5. The molecule has 0 amide bonds. The zero-order valence-electron chi connectivity index (χ0n) is 11.3. The number of ether oxygens (including phenoxy) is 1. The molecular weight excluding hydrogens is 248 g/mol. The van der Waals surface area contributed by atoms with Crippen LogP contribution < -0.4 is 0 Å². The van der Waals surface area contributed by atoms with Crippen LogP contribution in [0.1, 0.15) is 42.8 Å². The van der Waals surface area contributed by atoms with E-state index in [9.17, 15) is 15.0 Å². The normalized spacial score (nSPS) is 14.8. The molecule has 0 bridgehead atoms. The van der Waals surface area contributed by atoms with Gasteiger partial charge in [0.05, 0.1) is 12.2 Å². The van der Waals surface area contributed by atoms with Gasteiger partial charge in [-0.05, 0) is 38.5 Å². The second kappa shape index (κ2) is 6.14. The Balaban J connectivity index is 2.91. The number of esters is 1. The predicted octanol–water partition coefficient (Wildman–Crippen LogP) is 1.03. The average Bonchev–Trinajstić information content (AvgIpc) is 2.35. The summed E-state index contributed by atoms with van der Waals surface area (Å²) in [6, 6.07) is 6.16. The first-order chi connectivity index (χ1) is 8.74. The van der Waals surface area contributed by atoms with E-state index in [1.165, 1.54) is 6.07 Å². The van der Waals surface area contributed by atoms with Crippen LogP contribution in [0.5, 0.6) is 0 Å². The topological polar surface area (TPSA) is 87.0 Å². The van der Waals surface area contributed by atoms with Crippen molar-refractivity contribution in [2.24, 2.45) is 0 Å². The largest absolute Gasteiger partial charge is 0.456 e. The van der Waals surface area contributed by atoms with Crippen molar-refractivity contribution >= 4 is 5.97 Å². The van der Waals surface area contributed by atoms with E-state index < -0.39 is 30.4 Å². The standard InChI is InChI=1S/C14H20O5/c1-14(2,3)19-13(18)10-6-4-5-9(7-10)12(17)11(16)8-15/h4-7,11-12,15-17H,8H2,1-3H3. The van der Waals surface area contributed by atoms with E-state index in [2.05, 4.69) is 0 Å². The number of aliphatic hydroxyl groups excluding tert-OH is 3. The van der Waals surface area contributed by atoms with Crippen molar-refractivity contribution in [1.29, 1.82) is 0 Å². The van der Waals surface area contributed by atoms with Gasteiger partial charge in [0.2, 0.25) is 0 Å². The monoisotopic (exact) mass is 268 g/mol. The van der Waals surface area contributed by atoms with Crippen LogP contribution in [-0.2, 0) is 4.74 Å². The molecule has 0 heterocycles. The minimum absolute atomic E-state index is 0.289. The summed E-state index contributed by atoms with van der Waals surface area (Å²) in [5.74, 6) is -0.500. The first-order valence-electron chi connectivity index (χ1n) is 6.05. The van der Waals surface area contributed by atoms with Crippen molar-refractivity contribution in [3.05, 3.63) is 35.4 Å². The molecule has 3 N–H and O–H groups in total. The number of carbonyl (C=O) groups excluding carboxylic acids is 1. The molecule has 2 atom stereocenters. The number of hydrogen-bond donors (Lipinski definition) is 3. The van der Waals surface area contributed by atoms with E-state index in [0.717, 1.165) is 0 Å². The first-order valence-corrected chi connectivity index (χ1v) is 6.05. The van der Waals surface area contributed by atoms with E-state index in [1.54, 1.807) is 39.0 Å². The summed E-state index contributed by atoms with van der Waals surface area (Å²) >= 11 is 0. The van der Waals surface area contributed by atoms with E-state index in [4.69, 9.17) is 9.84 Å². The fraction of sp³-hybridized carbons (Fsp3) is 0.500. The van der Waals surface area contributed by atoms with Gasteiger partial charge in [-0.3, -0.25) is 0 Å². The lowest BCUT2D eigenvalue weighted by Gasteiger charge is -2.20. The van der Waals surface area contributed by atoms with E-state index in [1.807, 2.05) is 0 Å². The smallest absolute Gasteiger partial charge is 0.338 e. The molecule has 0 aliphatic rings. The van der Waals surface area contributed by atoms with E-state index in [0.29, 0.717) is 5.56 Å². The number of aliphatic hydroxyl groups is 3. The van der Waals surface area contributed by atoms with Crippen LogP contribution >= 0.6 is 0 Å². The summed E-state index contributed by atoms with van der Waals surface area (Å²) in [4.78, 5) is 11.9.